The average Bonchev–Trinajstić information content (AvgIpc) is 1.38. The molecule has 0 aliphatic rings. The van der Waals surface area contributed by atoms with Crippen LogP contribution in [0.2, 0.25) is 0 Å². The smallest absolute Gasteiger partial charge is 0.659 e. The molecule has 0 unspecified atom stereocenters. The maximum absolute atomic E-state index is 8.83. The molecule has 4 nitrogen and oxygen atoms in total. The molecule has 0 heterocycles. The summed E-state index contributed by atoms with van der Waals surface area (Å²) in [5.41, 5.74) is 0. The maximum atomic E-state index is 8.83. The summed E-state index contributed by atoms with van der Waals surface area (Å²) < 4.78 is 0. The van der Waals surface area contributed by atoms with E-state index in [-0.39, 0.29) is 55.1 Å². The van der Waals surface area contributed by atoms with E-state index < -0.39 is 6.16 Å². The van der Waals surface area contributed by atoms with Crippen molar-refractivity contribution in [2.75, 3.05) is 0 Å². The van der Waals surface area contributed by atoms with Gasteiger partial charge < -0.3 is 15.3 Å². The van der Waals surface area contributed by atoms with Gasteiger partial charge in [0.2, 0.25) is 0 Å². The summed E-state index contributed by atoms with van der Waals surface area (Å²) in [5.74, 6) is 0. The maximum Gasteiger partial charge on any atom is 3.00 e. The van der Waals surface area contributed by atoms with Crippen LogP contribution in [-0.4, -0.2) is 66.4 Å². The molecular weight excluding hydrogens is 143 g/mol. The minimum absolute atomic E-state index is 0. The van der Waals surface area contributed by atoms with Gasteiger partial charge in [0.1, 0.15) is 0 Å². The van der Waals surface area contributed by atoms with E-state index in [1.807, 2.05) is 0 Å². The zero-order chi connectivity index (χ0) is 4.28. The molecule has 6 heteroatoms. The monoisotopic (exact) mass is 144 g/mol. The molecule has 0 rings (SSSR count). The van der Waals surface area contributed by atoms with E-state index in [0.29, 0.717) is 0 Å². The second-order valence-corrected chi connectivity index (χ2v) is 0.349. The van der Waals surface area contributed by atoms with E-state index in [9.17, 15) is 0 Å². The predicted octanol–water partition coefficient (Wildman–Crippen LogP) is -1.81. The van der Waals surface area contributed by atoms with Crippen molar-refractivity contribution in [2.45, 2.75) is 0 Å². The van der Waals surface area contributed by atoms with Gasteiger partial charge in [0.05, 0.1) is 0 Å². The van der Waals surface area contributed by atoms with Crippen molar-refractivity contribution in [1.29, 1.82) is 0 Å². The van der Waals surface area contributed by atoms with Crippen LogP contribution >= 0.6 is 0 Å². The van der Waals surface area contributed by atoms with Gasteiger partial charge in [-0.25, -0.2) is 4.79 Å². The van der Waals surface area contributed by atoms with Crippen LogP contribution in [0.3, 0.4) is 0 Å². The zero-order valence-corrected chi connectivity index (χ0v) is 6.82. The summed E-state index contributed by atoms with van der Waals surface area (Å²) in [5, 5.41) is 15.7. The van der Waals surface area contributed by atoms with Gasteiger partial charge in [0, 0.05) is 0 Å². The van der Waals surface area contributed by atoms with Crippen LogP contribution in [0.5, 0.6) is 0 Å². The van der Waals surface area contributed by atoms with E-state index in [1.54, 1.807) is 0 Å². The van der Waals surface area contributed by atoms with Gasteiger partial charge in [-0.2, -0.15) is 0 Å². The minimum atomic E-state index is -1.80. The standard InChI is InChI=1S/CH2O4.Al.Ca/c2-1(3)5-4;;/h4H,(H,2,3);;/q;+3;+2/p-1. The fourth-order valence-corrected chi connectivity index (χ4v) is 0. The Morgan fingerprint density at radius 2 is 1.86 bits per heavy atom. The van der Waals surface area contributed by atoms with Crippen LogP contribution in [0.15, 0.2) is 0 Å². The Bertz CT molecular complexity index is 47.0. The molecule has 0 saturated carbocycles. The van der Waals surface area contributed by atoms with Crippen LogP contribution < -0.4 is 5.26 Å². The predicted molar refractivity (Wildman–Crippen MR) is 20.6 cm³/mol. The Balaban J connectivity index is -0.0000000800. The molecule has 0 atom stereocenters. The molecule has 30 valence electrons. The Morgan fingerprint density at radius 3 is 1.86 bits per heavy atom. The molecule has 0 fully saturated rings. The van der Waals surface area contributed by atoms with Crippen molar-refractivity contribution in [3.63, 3.8) is 0 Å². The van der Waals surface area contributed by atoms with Crippen molar-refractivity contribution in [2.24, 2.45) is 0 Å². The van der Waals surface area contributed by atoms with E-state index in [2.05, 4.69) is 4.89 Å². The first-order valence-corrected chi connectivity index (χ1v) is 0.799. The van der Waals surface area contributed by atoms with E-state index in [4.69, 9.17) is 15.2 Å². The fourth-order valence-electron chi connectivity index (χ4n) is 0. The molecule has 0 saturated heterocycles. The van der Waals surface area contributed by atoms with E-state index in [0.717, 1.165) is 0 Å². The molecule has 0 spiro atoms. The fraction of sp³-hybridized carbons (Fsp3) is 0. The number of carbonyl (C=O) groups is 1. The van der Waals surface area contributed by atoms with Gasteiger partial charge in [-0.05, 0) is 0 Å². The van der Waals surface area contributed by atoms with Crippen molar-refractivity contribution >= 4 is 61.3 Å². The molecule has 0 aliphatic carbocycles. The molecule has 0 aromatic rings. The molecule has 0 aromatic carbocycles. The van der Waals surface area contributed by atoms with Gasteiger partial charge in [0.25, 0.3) is 0 Å². The third kappa shape index (κ3) is 19.4. The number of hydrogen-bond acceptors (Lipinski definition) is 3. The number of hydrogen-bond donors (Lipinski definition) is 1. The van der Waals surface area contributed by atoms with Gasteiger partial charge in [-0.3, -0.25) is 0 Å². The summed E-state index contributed by atoms with van der Waals surface area (Å²) in [6.07, 6.45) is -1.80. The largest absolute Gasteiger partial charge is 3.00 e. The van der Waals surface area contributed by atoms with Crippen molar-refractivity contribution in [1.82, 2.24) is 0 Å². The third-order valence-corrected chi connectivity index (χ3v) is 0.0713. The molecule has 0 radical (unpaired) electrons. The third-order valence-electron chi connectivity index (χ3n) is 0.0713. The van der Waals surface area contributed by atoms with Crippen LogP contribution in [0.1, 0.15) is 0 Å². The van der Waals surface area contributed by atoms with Crippen LogP contribution in [0.4, 0.5) is 4.79 Å². The normalized spacial score (nSPS) is 4.71. The summed E-state index contributed by atoms with van der Waals surface area (Å²) in [4.78, 5) is 11.2. The zero-order valence-electron chi connectivity index (χ0n) is 3.46. The van der Waals surface area contributed by atoms with Crippen molar-refractivity contribution in [3.05, 3.63) is 0 Å². The topological polar surface area (TPSA) is 69.6 Å². The van der Waals surface area contributed by atoms with Crippen LogP contribution in [-0.2, 0) is 4.89 Å². The molecule has 0 amide bonds. The Labute approximate surface area is 80.5 Å². The van der Waals surface area contributed by atoms with Gasteiger partial charge in [0.15, 0.2) is 0 Å². The molecule has 0 aromatic heterocycles. The quantitative estimate of drug-likeness (QED) is 0.247. The first kappa shape index (κ1) is 15.7. The molecule has 0 aliphatic heterocycles. The van der Waals surface area contributed by atoms with Crippen LogP contribution in [0.25, 0.3) is 0 Å². The molecule has 7 heavy (non-hydrogen) atoms. The Morgan fingerprint density at radius 1 is 1.71 bits per heavy atom. The van der Waals surface area contributed by atoms with E-state index in [1.165, 1.54) is 0 Å². The Kier molecular flexibility index (Phi) is 22.6. The summed E-state index contributed by atoms with van der Waals surface area (Å²) >= 11 is 0. The number of carboxylic acid groups (broad SMARTS) is 1. The Hall–Kier alpha value is 1.02. The molecular formula is CHAlCaO4+4. The van der Waals surface area contributed by atoms with Crippen LogP contribution in [0, 0.1) is 0 Å². The first-order valence-electron chi connectivity index (χ1n) is 0.799. The van der Waals surface area contributed by atoms with Gasteiger partial charge in [-0.1, -0.05) is 0 Å². The first-order chi connectivity index (χ1) is 2.27. The summed E-state index contributed by atoms with van der Waals surface area (Å²) in [6.45, 7) is 0. The molecule has 0 bridgehead atoms. The van der Waals surface area contributed by atoms with Gasteiger partial charge in [-0.15, -0.1) is 0 Å². The second-order valence-electron chi connectivity index (χ2n) is 0.349. The van der Waals surface area contributed by atoms with Crippen molar-refractivity contribution in [3.8, 4) is 0 Å². The number of rotatable bonds is 0. The average molecular weight is 144 g/mol. The summed E-state index contributed by atoms with van der Waals surface area (Å²) in [7, 11) is 0. The summed E-state index contributed by atoms with van der Waals surface area (Å²) in [6, 6.07) is 0. The molecule has 1 N–H and O–H groups in total. The minimum Gasteiger partial charge on any atom is -0.659 e. The van der Waals surface area contributed by atoms with Crippen molar-refractivity contribution < 1.29 is 20.0 Å². The SMILES string of the molecule is O=C(O)O[O-].[Al+3].[Ca+2]. The van der Waals surface area contributed by atoms with E-state index >= 15 is 0 Å². The van der Waals surface area contributed by atoms with Gasteiger partial charge >= 0.3 is 61.3 Å². The second kappa shape index (κ2) is 10.1.